The second kappa shape index (κ2) is 5.60. The van der Waals surface area contributed by atoms with Crippen LogP contribution in [0.15, 0.2) is 28.9 Å². The fraction of sp³-hybridized carbons (Fsp3) is 0.333. The Balaban J connectivity index is 2.39. The van der Waals surface area contributed by atoms with Gasteiger partial charge >= 0.3 is 0 Å². The van der Waals surface area contributed by atoms with Crippen LogP contribution in [0.25, 0.3) is 0 Å². The van der Waals surface area contributed by atoms with Crippen molar-refractivity contribution in [2.24, 2.45) is 12.9 Å². The Morgan fingerprint density at radius 2 is 2.06 bits per heavy atom. The van der Waals surface area contributed by atoms with Crippen LogP contribution in [0.3, 0.4) is 0 Å². The van der Waals surface area contributed by atoms with Crippen LogP contribution in [0.5, 0.6) is 0 Å². The van der Waals surface area contributed by atoms with Crippen molar-refractivity contribution in [2.75, 3.05) is 0 Å². The van der Waals surface area contributed by atoms with Gasteiger partial charge in [-0.2, -0.15) is 0 Å². The van der Waals surface area contributed by atoms with Gasteiger partial charge in [-0.05, 0) is 33.5 Å². The number of nitrogens with two attached hydrogens (primary N) is 1. The van der Waals surface area contributed by atoms with Crippen molar-refractivity contribution in [3.05, 3.63) is 45.7 Å². The molecule has 6 heteroatoms. The second-order valence-electron chi connectivity index (χ2n) is 4.08. The van der Waals surface area contributed by atoms with E-state index in [1.54, 1.807) is 4.68 Å². The quantitative estimate of drug-likeness (QED) is 0.666. The smallest absolute Gasteiger partial charge is 0.153 e. The minimum Gasteiger partial charge on any atom is -0.271 e. The van der Waals surface area contributed by atoms with E-state index in [1.807, 2.05) is 7.05 Å². The number of hydrogen-bond donors (Lipinski definition) is 2. The van der Waals surface area contributed by atoms with Crippen molar-refractivity contribution in [2.45, 2.75) is 19.4 Å². The van der Waals surface area contributed by atoms with Gasteiger partial charge in [0.25, 0.3) is 0 Å². The van der Waals surface area contributed by atoms with E-state index in [1.165, 1.54) is 5.56 Å². The third kappa shape index (κ3) is 2.45. The third-order valence-electron chi connectivity index (χ3n) is 2.99. The molecule has 3 N–H and O–H groups in total. The van der Waals surface area contributed by atoms with Crippen LogP contribution in [0, 0.1) is 0 Å². The summed E-state index contributed by atoms with van der Waals surface area (Å²) in [5, 5.41) is 7.95. The molecule has 0 aliphatic carbocycles. The molecule has 0 spiro atoms. The van der Waals surface area contributed by atoms with Crippen molar-refractivity contribution in [3.63, 3.8) is 0 Å². The lowest BCUT2D eigenvalue weighted by atomic mass is 10.0. The van der Waals surface area contributed by atoms with Crippen molar-refractivity contribution in [3.8, 4) is 0 Å². The van der Waals surface area contributed by atoms with Gasteiger partial charge in [-0.3, -0.25) is 5.84 Å². The molecular weight excluding hydrogens is 294 g/mol. The molecule has 1 aromatic heterocycles. The molecule has 0 saturated heterocycles. The first-order valence-corrected chi connectivity index (χ1v) is 6.56. The van der Waals surface area contributed by atoms with Crippen molar-refractivity contribution < 1.29 is 0 Å². The fourth-order valence-electron chi connectivity index (χ4n) is 1.92. The predicted molar refractivity (Wildman–Crippen MR) is 73.7 cm³/mol. The van der Waals surface area contributed by atoms with Crippen molar-refractivity contribution >= 4 is 15.9 Å². The predicted octanol–water partition coefficient (Wildman–Crippen LogP) is 1.69. The molecule has 18 heavy (non-hydrogen) atoms. The molecule has 1 heterocycles. The molecule has 1 unspecified atom stereocenters. The molecule has 0 radical (unpaired) electrons. The van der Waals surface area contributed by atoms with Gasteiger partial charge in [0.15, 0.2) is 4.60 Å². The molecule has 0 fully saturated rings. The van der Waals surface area contributed by atoms with E-state index >= 15 is 0 Å². The van der Waals surface area contributed by atoms with E-state index in [2.05, 4.69) is 62.9 Å². The van der Waals surface area contributed by atoms with Gasteiger partial charge in [-0.15, -0.1) is 5.10 Å². The summed E-state index contributed by atoms with van der Waals surface area (Å²) in [7, 11) is 1.85. The highest BCUT2D eigenvalue weighted by Gasteiger charge is 2.20. The van der Waals surface area contributed by atoms with E-state index in [4.69, 9.17) is 5.84 Å². The van der Waals surface area contributed by atoms with E-state index in [-0.39, 0.29) is 6.04 Å². The summed E-state index contributed by atoms with van der Waals surface area (Å²) in [4.78, 5) is 0. The van der Waals surface area contributed by atoms with Crippen LogP contribution in [-0.2, 0) is 13.5 Å². The van der Waals surface area contributed by atoms with Gasteiger partial charge in [0.1, 0.15) is 0 Å². The Kier molecular flexibility index (Phi) is 4.11. The topological polar surface area (TPSA) is 68.8 Å². The molecule has 2 aromatic rings. The van der Waals surface area contributed by atoms with Crippen LogP contribution in [0.1, 0.15) is 29.8 Å². The molecule has 5 nitrogen and oxygen atoms in total. The first kappa shape index (κ1) is 13.2. The Morgan fingerprint density at radius 3 is 2.50 bits per heavy atom. The maximum Gasteiger partial charge on any atom is 0.153 e. The summed E-state index contributed by atoms with van der Waals surface area (Å²) >= 11 is 3.39. The van der Waals surface area contributed by atoms with Gasteiger partial charge in [-0.25, -0.2) is 10.1 Å². The number of rotatable bonds is 4. The summed E-state index contributed by atoms with van der Waals surface area (Å²) in [5.74, 6) is 5.66. The summed E-state index contributed by atoms with van der Waals surface area (Å²) in [5.41, 5.74) is 6.10. The molecule has 0 aliphatic rings. The summed E-state index contributed by atoms with van der Waals surface area (Å²) in [6.07, 6.45) is 1.03. The minimum absolute atomic E-state index is 0.134. The number of nitrogens with one attached hydrogen (secondary N) is 1. The SMILES string of the molecule is CCc1ccc(C(NN)c2c(Br)nnn2C)cc1. The molecule has 0 bridgehead atoms. The van der Waals surface area contributed by atoms with Crippen molar-refractivity contribution in [1.82, 2.24) is 20.4 Å². The minimum atomic E-state index is -0.134. The Bertz CT molecular complexity index is 500. The zero-order chi connectivity index (χ0) is 13.1. The van der Waals surface area contributed by atoms with E-state index in [9.17, 15) is 0 Å². The summed E-state index contributed by atoms with van der Waals surface area (Å²) in [6, 6.07) is 8.23. The number of aromatic nitrogens is 3. The highest BCUT2D eigenvalue weighted by Crippen LogP contribution is 2.26. The molecular formula is C12H16BrN5. The van der Waals surface area contributed by atoms with Crippen LogP contribution >= 0.6 is 15.9 Å². The highest BCUT2D eigenvalue weighted by atomic mass is 79.9. The van der Waals surface area contributed by atoms with Crippen LogP contribution in [0.2, 0.25) is 0 Å². The molecule has 0 saturated carbocycles. The largest absolute Gasteiger partial charge is 0.271 e. The van der Waals surface area contributed by atoms with Gasteiger partial charge in [0.05, 0.1) is 11.7 Å². The Morgan fingerprint density at radius 1 is 1.39 bits per heavy atom. The Labute approximate surface area is 114 Å². The lowest BCUT2D eigenvalue weighted by Crippen LogP contribution is -2.30. The molecule has 0 aliphatic heterocycles. The Hall–Kier alpha value is -1.24. The number of hydrazine groups is 1. The van der Waals surface area contributed by atoms with E-state index in [0.717, 1.165) is 17.7 Å². The third-order valence-corrected chi connectivity index (χ3v) is 3.55. The summed E-state index contributed by atoms with van der Waals surface area (Å²) < 4.78 is 2.41. The van der Waals surface area contributed by atoms with Gasteiger partial charge in [0.2, 0.25) is 0 Å². The van der Waals surface area contributed by atoms with Gasteiger partial charge in [0, 0.05) is 7.05 Å². The number of aryl methyl sites for hydroxylation is 2. The first-order chi connectivity index (χ1) is 8.67. The van der Waals surface area contributed by atoms with Crippen LogP contribution in [-0.4, -0.2) is 15.0 Å². The molecule has 0 amide bonds. The number of benzene rings is 1. The van der Waals surface area contributed by atoms with Gasteiger partial charge < -0.3 is 0 Å². The highest BCUT2D eigenvalue weighted by molar-refractivity contribution is 9.10. The zero-order valence-electron chi connectivity index (χ0n) is 10.4. The average molecular weight is 310 g/mol. The fourth-order valence-corrected chi connectivity index (χ4v) is 2.48. The maximum absolute atomic E-state index is 5.66. The number of hydrogen-bond acceptors (Lipinski definition) is 4. The lowest BCUT2D eigenvalue weighted by molar-refractivity contribution is 0.569. The van der Waals surface area contributed by atoms with Crippen LogP contribution in [0.4, 0.5) is 0 Å². The maximum atomic E-state index is 5.66. The average Bonchev–Trinajstić information content (AvgIpc) is 2.72. The molecule has 1 atom stereocenters. The molecule has 2 rings (SSSR count). The molecule has 96 valence electrons. The normalized spacial score (nSPS) is 12.7. The second-order valence-corrected chi connectivity index (χ2v) is 4.84. The molecule has 1 aromatic carbocycles. The van der Waals surface area contributed by atoms with E-state index in [0.29, 0.717) is 4.60 Å². The monoisotopic (exact) mass is 309 g/mol. The van der Waals surface area contributed by atoms with E-state index < -0.39 is 0 Å². The van der Waals surface area contributed by atoms with Gasteiger partial charge in [-0.1, -0.05) is 36.4 Å². The van der Waals surface area contributed by atoms with Crippen molar-refractivity contribution in [1.29, 1.82) is 0 Å². The first-order valence-electron chi connectivity index (χ1n) is 5.77. The lowest BCUT2D eigenvalue weighted by Gasteiger charge is -2.17. The zero-order valence-corrected chi connectivity index (χ0v) is 12.0. The number of nitrogens with zero attached hydrogens (tertiary/aromatic N) is 3. The summed E-state index contributed by atoms with van der Waals surface area (Å²) in [6.45, 7) is 2.13. The number of halogens is 1. The standard InChI is InChI=1S/C12H16BrN5/c1-3-8-4-6-9(7-5-8)10(15-14)11-12(13)16-17-18(11)2/h4-7,10,15H,3,14H2,1-2H3. The van der Waals surface area contributed by atoms with Crippen LogP contribution < -0.4 is 11.3 Å².